The van der Waals surface area contributed by atoms with Crippen molar-refractivity contribution in [3.8, 4) is 0 Å². The maximum absolute atomic E-state index is 5.80. The Morgan fingerprint density at radius 2 is 2.36 bits per heavy atom. The molecule has 0 fully saturated rings. The minimum atomic E-state index is -0.0625. The third-order valence-electron chi connectivity index (χ3n) is 1.43. The molecule has 0 saturated carbocycles. The third-order valence-corrected chi connectivity index (χ3v) is 2.75. The van der Waals surface area contributed by atoms with Gasteiger partial charge in [-0.05, 0) is 19.1 Å². The van der Waals surface area contributed by atoms with Gasteiger partial charge in [0.25, 0.3) is 0 Å². The Balaban J connectivity index is 2.84. The number of hydrogen-bond donors (Lipinski definition) is 1. The van der Waals surface area contributed by atoms with E-state index in [1.807, 2.05) is 19.1 Å². The lowest BCUT2D eigenvalue weighted by Crippen LogP contribution is -2.08. The molecular formula is C8H10ClNS. The van der Waals surface area contributed by atoms with Crippen molar-refractivity contribution in [2.75, 3.05) is 0 Å². The van der Waals surface area contributed by atoms with Crippen LogP contribution in [0, 0.1) is 0 Å². The number of hydrogen-bond acceptors (Lipinski definition) is 2. The Kier molecular flexibility index (Phi) is 2.71. The van der Waals surface area contributed by atoms with Gasteiger partial charge in [-0.3, -0.25) is 0 Å². The predicted octanol–water partition coefficient (Wildman–Crippen LogP) is 2.98. The highest BCUT2D eigenvalue weighted by Crippen LogP contribution is 2.28. The van der Waals surface area contributed by atoms with Gasteiger partial charge in [0, 0.05) is 4.88 Å². The summed E-state index contributed by atoms with van der Waals surface area (Å²) in [5.41, 5.74) is 6.76. The normalized spacial score (nSPS) is 13.0. The molecule has 0 aliphatic heterocycles. The van der Waals surface area contributed by atoms with E-state index in [9.17, 15) is 0 Å². The maximum Gasteiger partial charge on any atom is 0.0931 e. The third kappa shape index (κ3) is 2.06. The lowest BCUT2D eigenvalue weighted by atomic mass is 10.1. The Labute approximate surface area is 75.5 Å². The fourth-order valence-electron chi connectivity index (χ4n) is 0.738. The molecule has 0 aliphatic rings. The summed E-state index contributed by atoms with van der Waals surface area (Å²) in [4.78, 5) is 1.07. The summed E-state index contributed by atoms with van der Waals surface area (Å²) < 4.78 is 0.775. The molecule has 1 rings (SSSR count). The molecule has 3 heteroatoms. The average Bonchev–Trinajstić information content (AvgIpc) is 2.34. The van der Waals surface area contributed by atoms with Crippen LogP contribution in [0.2, 0.25) is 4.34 Å². The molecule has 1 unspecified atom stereocenters. The minimum Gasteiger partial charge on any atom is -0.320 e. The molecule has 60 valence electrons. The number of halogens is 1. The largest absolute Gasteiger partial charge is 0.320 e. The van der Waals surface area contributed by atoms with Crippen molar-refractivity contribution in [3.63, 3.8) is 0 Å². The summed E-state index contributed by atoms with van der Waals surface area (Å²) >= 11 is 7.25. The molecular weight excluding hydrogens is 178 g/mol. The lowest BCUT2D eigenvalue weighted by Gasteiger charge is -2.06. The second-order valence-corrected chi connectivity index (χ2v) is 4.21. The molecule has 1 aromatic rings. The van der Waals surface area contributed by atoms with Crippen molar-refractivity contribution >= 4 is 22.9 Å². The summed E-state index contributed by atoms with van der Waals surface area (Å²) in [5.74, 6) is 0. The van der Waals surface area contributed by atoms with Gasteiger partial charge in [-0.25, -0.2) is 0 Å². The molecule has 1 nitrogen and oxygen atoms in total. The molecule has 0 aromatic carbocycles. The lowest BCUT2D eigenvalue weighted by molar-refractivity contribution is 0.871. The van der Waals surface area contributed by atoms with Crippen molar-refractivity contribution < 1.29 is 0 Å². The first-order valence-electron chi connectivity index (χ1n) is 3.27. The molecule has 0 bridgehead atoms. The van der Waals surface area contributed by atoms with E-state index in [4.69, 9.17) is 17.3 Å². The van der Waals surface area contributed by atoms with Crippen LogP contribution >= 0.6 is 22.9 Å². The van der Waals surface area contributed by atoms with E-state index >= 15 is 0 Å². The summed E-state index contributed by atoms with van der Waals surface area (Å²) in [6, 6.07) is 3.73. The fourth-order valence-corrected chi connectivity index (χ4v) is 1.89. The number of nitrogens with two attached hydrogens (primary N) is 1. The van der Waals surface area contributed by atoms with E-state index in [1.165, 1.54) is 11.3 Å². The fraction of sp³-hybridized carbons (Fsp3) is 0.250. The number of thiophene rings is 1. The highest BCUT2D eigenvalue weighted by atomic mass is 35.5. The highest BCUT2D eigenvalue weighted by molar-refractivity contribution is 7.16. The van der Waals surface area contributed by atoms with Gasteiger partial charge in [-0.2, -0.15) is 0 Å². The van der Waals surface area contributed by atoms with E-state index in [1.54, 1.807) is 0 Å². The van der Waals surface area contributed by atoms with E-state index in [2.05, 4.69) is 6.58 Å². The molecule has 1 atom stereocenters. The van der Waals surface area contributed by atoms with Crippen LogP contribution in [0.25, 0.3) is 0 Å². The van der Waals surface area contributed by atoms with E-state index in [-0.39, 0.29) is 6.04 Å². The molecule has 2 N–H and O–H groups in total. The zero-order valence-corrected chi connectivity index (χ0v) is 7.88. The van der Waals surface area contributed by atoms with Crippen molar-refractivity contribution in [1.29, 1.82) is 0 Å². The first-order chi connectivity index (χ1) is 5.11. The summed E-state index contributed by atoms with van der Waals surface area (Å²) in [5, 5.41) is 0. The highest BCUT2D eigenvalue weighted by Gasteiger charge is 2.07. The summed E-state index contributed by atoms with van der Waals surface area (Å²) in [6.07, 6.45) is 0. The molecule has 1 aromatic heterocycles. The number of rotatable bonds is 2. The first kappa shape index (κ1) is 8.78. The van der Waals surface area contributed by atoms with Crippen LogP contribution in [0.15, 0.2) is 24.3 Å². The second-order valence-electron chi connectivity index (χ2n) is 2.47. The second kappa shape index (κ2) is 3.39. The Morgan fingerprint density at radius 3 is 2.73 bits per heavy atom. The van der Waals surface area contributed by atoms with Gasteiger partial charge in [0.2, 0.25) is 0 Å². The Hall–Kier alpha value is -0.310. The molecule has 0 aliphatic carbocycles. The van der Waals surface area contributed by atoms with Gasteiger partial charge in [0.15, 0.2) is 0 Å². The van der Waals surface area contributed by atoms with E-state index < -0.39 is 0 Å². The van der Waals surface area contributed by atoms with Gasteiger partial charge in [-0.1, -0.05) is 23.8 Å². The van der Waals surface area contributed by atoms with Gasteiger partial charge < -0.3 is 5.73 Å². The van der Waals surface area contributed by atoms with Crippen molar-refractivity contribution in [2.45, 2.75) is 13.0 Å². The van der Waals surface area contributed by atoms with Gasteiger partial charge in [0.05, 0.1) is 10.4 Å². The van der Waals surface area contributed by atoms with Gasteiger partial charge in [-0.15, -0.1) is 11.3 Å². The van der Waals surface area contributed by atoms with E-state index in [0.29, 0.717) is 0 Å². The zero-order valence-electron chi connectivity index (χ0n) is 6.30. The van der Waals surface area contributed by atoms with Crippen molar-refractivity contribution in [2.24, 2.45) is 5.73 Å². The standard InChI is InChI=1S/C8H10ClNS/c1-5(2)8(10)6-3-4-7(9)11-6/h3-4,8H,1,10H2,2H3. The van der Waals surface area contributed by atoms with Crippen molar-refractivity contribution in [1.82, 2.24) is 0 Å². The van der Waals surface area contributed by atoms with Crippen LogP contribution < -0.4 is 5.73 Å². The average molecular weight is 188 g/mol. The molecule has 1 heterocycles. The van der Waals surface area contributed by atoms with Crippen LogP contribution in [0.5, 0.6) is 0 Å². The first-order valence-corrected chi connectivity index (χ1v) is 4.47. The molecule has 0 saturated heterocycles. The predicted molar refractivity (Wildman–Crippen MR) is 51.1 cm³/mol. The quantitative estimate of drug-likeness (QED) is 0.708. The van der Waals surface area contributed by atoms with Crippen LogP contribution in [0.3, 0.4) is 0 Å². The monoisotopic (exact) mass is 187 g/mol. The van der Waals surface area contributed by atoms with Crippen LogP contribution in [-0.4, -0.2) is 0 Å². The van der Waals surface area contributed by atoms with Crippen LogP contribution in [-0.2, 0) is 0 Å². The molecule has 0 amide bonds. The van der Waals surface area contributed by atoms with Crippen LogP contribution in [0.4, 0.5) is 0 Å². The maximum atomic E-state index is 5.80. The smallest absolute Gasteiger partial charge is 0.0931 e. The molecule has 0 radical (unpaired) electrons. The molecule has 0 spiro atoms. The zero-order chi connectivity index (χ0) is 8.43. The molecule has 11 heavy (non-hydrogen) atoms. The summed E-state index contributed by atoms with van der Waals surface area (Å²) in [6.45, 7) is 5.69. The van der Waals surface area contributed by atoms with Gasteiger partial charge >= 0.3 is 0 Å². The van der Waals surface area contributed by atoms with Crippen molar-refractivity contribution in [3.05, 3.63) is 33.5 Å². The Bertz CT molecular complexity index is 267. The van der Waals surface area contributed by atoms with Crippen LogP contribution in [0.1, 0.15) is 17.8 Å². The topological polar surface area (TPSA) is 26.0 Å². The summed E-state index contributed by atoms with van der Waals surface area (Å²) in [7, 11) is 0. The minimum absolute atomic E-state index is 0.0625. The SMILES string of the molecule is C=C(C)C(N)c1ccc(Cl)s1. The van der Waals surface area contributed by atoms with Gasteiger partial charge in [0.1, 0.15) is 0 Å². The Morgan fingerprint density at radius 1 is 1.73 bits per heavy atom. The van der Waals surface area contributed by atoms with E-state index in [0.717, 1.165) is 14.8 Å².